The van der Waals surface area contributed by atoms with Crippen molar-refractivity contribution in [1.82, 2.24) is 10.2 Å². The Hall–Kier alpha value is -2.77. The number of thiocarbonyl (C=S) groups is 1. The number of rotatable bonds is 6. The molecular formula is C20H21N3O3S. The van der Waals surface area contributed by atoms with E-state index in [1.807, 2.05) is 36.5 Å². The Morgan fingerprint density at radius 3 is 2.44 bits per heavy atom. The SMILES string of the molecule is O=[N+]([O-])c1ccc(CN/C=C(/C(=S)N2CCOCC2)c2ccccc2)cc1. The molecule has 0 amide bonds. The number of morpholine rings is 1. The Morgan fingerprint density at radius 2 is 1.81 bits per heavy atom. The van der Waals surface area contributed by atoms with Crippen LogP contribution in [0.25, 0.3) is 5.57 Å². The summed E-state index contributed by atoms with van der Waals surface area (Å²) in [5.41, 5.74) is 3.05. The van der Waals surface area contributed by atoms with Gasteiger partial charge in [0.1, 0.15) is 4.99 Å². The van der Waals surface area contributed by atoms with Crippen LogP contribution < -0.4 is 5.32 Å². The maximum absolute atomic E-state index is 10.8. The van der Waals surface area contributed by atoms with Gasteiger partial charge in [-0.3, -0.25) is 10.1 Å². The van der Waals surface area contributed by atoms with Gasteiger partial charge in [-0.2, -0.15) is 0 Å². The van der Waals surface area contributed by atoms with Gasteiger partial charge in [-0.05, 0) is 11.1 Å². The third-order valence-electron chi connectivity index (χ3n) is 4.31. The predicted octanol–water partition coefficient (Wildman–Crippen LogP) is 3.39. The standard InChI is InChI=1S/C20H21N3O3S/c24-23(25)18-8-6-16(7-9-18)14-21-15-19(17-4-2-1-3-5-17)20(27)22-10-12-26-13-11-22/h1-9,15,21H,10-14H2/b19-15+. The highest BCUT2D eigenvalue weighted by atomic mass is 32.1. The minimum atomic E-state index is -0.397. The van der Waals surface area contributed by atoms with Crippen molar-refractivity contribution in [1.29, 1.82) is 0 Å². The second-order valence-corrected chi connectivity index (χ2v) is 6.52. The smallest absolute Gasteiger partial charge is 0.269 e. The van der Waals surface area contributed by atoms with E-state index < -0.39 is 4.92 Å². The van der Waals surface area contributed by atoms with Gasteiger partial charge in [0, 0.05) is 43.5 Å². The molecule has 140 valence electrons. The maximum atomic E-state index is 10.8. The highest BCUT2D eigenvalue weighted by molar-refractivity contribution is 7.81. The van der Waals surface area contributed by atoms with Crippen molar-refractivity contribution in [3.8, 4) is 0 Å². The number of nitrogens with one attached hydrogen (secondary N) is 1. The van der Waals surface area contributed by atoms with Gasteiger partial charge in [0.2, 0.25) is 0 Å². The summed E-state index contributed by atoms with van der Waals surface area (Å²) in [6.45, 7) is 3.48. The van der Waals surface area contributed by atoms with Gasteiger partial charge in [0.05, 0.1) is 18.1 Å². The lowest BCUT2D eigenvalue weighted by molar-refractivity contribution is -0.384. The molecule has 0 bridgehead atoms. The van der Waals surface area contributed by atoms with Gasteiger partial charge in [0.15, 0.2) is 0 Å². The molecule has 1 heterocycles. The summed E-state index contributed by atoms with van der Waals surface area (Å²) in [5.74, 6) is 0. The first-order valence-electron chi connectivity index (χ1n) is 8.74. The third-order valence-corrected chi connectivity index (χ3v) is 4.79. The van der Waals surface area contributed by atoms with E-state index in [-0.39, 0.29) is 5.69 Å². The van der Waals surface area contributed by atoms with Crippen LogP contribution in [0, 0.1) is 10.1 Å². The fourth-order valence-electron chi connectivity index (χ4n) is 2.83. The lowest BCUT2D eigenvalue weighted by Crippen LogP contribution is -2.40. The Labute approximate surface area is 163 Å². The predicted molar refractivity (Wildman–Crippen MR) is 109 cm³/mol. The molecule has 0 radical (unpaired) electrons. The Morgan fingerprint density at radius 1 is 1.15 bits per heavy atom. The molecule has 1 saturated heterocycles. The average molecular weight is 383 g/mol. The number of nitro groups is 1. The number of hydrogen-bond acceptors (Lipinski definition) is 5. The van der Waals surface area contributed by atoms with Crippen LogP contribution in [0.4, 0.5) is 5.69 Å². The molecule has 7 heteroatoms. The number of nitro benzene ring substituents is 1. The van der Waals surface area contributed by atoms with Gasteiger partial charge >= 0.3 is 0 Å². The average Bonchev–Trinajstić information content (AvgIpc) is 2.72. The van der Waals surface area contributed by atoms with E-state index in [1.165, 1.54) is 12.1 Å². The Kier molecular flexibility index (Phi) is 6.51. The number of nitrogens with zero attached hydrogens (tertiary/aromatic N) is 2. The lowest BCUT2D eigenvalue weighted by atomic mass is 10.1. The molecule has 0 spiro atoms. The van der Waals surface area contributed by atoms with Crippen LogP contribution in [-0.4, -0.2) is 41.1 Å². The molecule has 1 aliphatic heterocycles. The number of ether oxygens (including phenoxy) is 1. The number of hydrogen-bond donors (Lipinski definition) is 1. The fraction of sp³-hybridized carbons (Fsp3) is 0.250. The van der Waals surface area contributed by atoms with Crippen LogP contribution >= 0.6 is 12.2 Å². The van der Waals surface area contributed by atoms with Crippen LogP contribution in [0.3, 0.4) is 0 Å². The first-order valence-corrected chi connectivity index (χ1v) is 9.15. The van der Waals surface area contributed by atoms with Gasteiger partial charge in [-0.25, -0.2) is 0 Å². The maximum Gasteiger partial charge on any atom is 0.269 e. The summed E-state index contributed by atoms with van der Waals surface area (Å²) < 4.78 is 5.42. The van der Waals surface area contributed by atoms with Crippen LogP contribution in [-0.2, 0) is 11.3 Å². The molecule has 0 aliphatic carbocycles. The molecule has 3 rings (SSSR count). The molecule has 0 aromatic heterocycles. The van der Waals surface area contributed by atoms with Crippen molar-refractivity contribution in [2.24, 2.45) is 0 Å². The quantitative estimate of drug-likeness (QED) is 0.357. The third kappa shape index (κ3) is 5.12. The van der Waals surface area contributed by atoms with E-state index in [4.69, 9.17) is 17.0 Å². The molecule has 1 fully saturated rings. The lowest BCUT2D eigenvalue weighted by Gasteiger charge is -2.30. The topological polar surface area (TPSA) is 67.6 Å². The van der Waals surface area contributed by atoms with Gasteiger partial charge < -0.3 is 15.0 Å². The number of benzene rings is 2. The van der Waals surface area contributed by atoms with E-state index >= 15 is 0 Å². The zero-order valence-electron chi connectivity index (χ0n) is 14.8. The minimum absolute atomic E-state index is 0.0905. The van der Waals surface area contributed by atoms with E-state index in [9.17, 15) is 10.1 Å². The molecular weight excluding hydrogens is 362 g/mol. The van der Waals surface area contributed by atoms with Crippen LogP contribution in [0.1, 0.15) is 11.1 Å². The van der Waals surface area contributed by atoms with Crippen molar-refractivity contribution in [2.45, 2.75) is 6.54 Å². The van der Waals surface area contributed by atoms with Gasteiger partial charge in [-0.1, -0.05) is 54.7 Å². The molecule has 27 heavy (non-hydrogen) atoms. The fourth-order valence-corrected chi connectivity index (χ4v) is 3.19. The summed E-state index contributed by atoms with van der Waals surface area (Å²) in [7, 11) is 0. The van der Waals surface area contributed by atoms with E-state index in [0.717, 1.165) is 34.8 Å². The van der Waals surface area contributed by atoms with E-state index in [2.05, 4.69) is 10.2 Å². The Bertz CT molecular complexity index is 816. The first kappa shape index (κ1) is 19.0. The van der Waals surface area contributed by atoms with E-state index in [0.29, 0.717) is 19.8 Å². The van der Waals surface area contributed by atoms with Crippen LogP contribution in [0.5, 0.6) is 0 Å². The number of non-ortho nitro benzene ring substituents is 1. The van der Waals surface area contributed by atoms with E-state index in [1.54, 1.807) is 12.1 Å². The van der Waals surface area contributed by atoms with Gasteiger partial charge in [0.25, 0.3) is 5.69 Å². The molecule has 2 aromatic rings. The molecule has 2 aromatic carbocycles. The monoisotopic (exact) mass is 383 g/mol. The minimum Gasteiger partial charge on any atom is -0.386 e. The Balaban J connectivity index is 1.73. The molecule has 0 saturated carbocycles. The largest absolute Gasteiger partial charge is 0.386 e. The molecule has 0 unspecified atom stereocenters. The highest BCUT2D eigenvalue weighted by Crippen LogP contribution is 2.19. The van der Waals surface area contributed by atoms with Crippen molar-refractivity contribution in [3.63, 3.8) is 0 Å². The zero-order valence-corrected chi connectivity index (χ0v) is 15.7. The van der Waals surface area contributed by atoms with Crippen molar-refractivity contribution < 1.29 is 9.66 Å². The summed E-state index contributed by atoms with van der Waals surface area (Å²) >= 11 is 5.74. The van der Waals surface area contributed by atoms with Crippen molar-refractivity contribution in [2.75, 3.05) is 26.3 Å². The second kappa shape index (κ2) is 9.25. The first-order chi connectivity index (χ1) is 13.1. The zero-order chi connectivity index (χ0) is 19.1. The van der Waals surface area contributed by atoms with Crippen molar-refractivity contribution >= 4 is 28.5 Å². The summed E-state index contributed by atoms with van der Waals surface area (Å²) in [4.78, 5) is 13.3. The summed E-state index contributed by atoms with van der Waals surface area (Å²) in [6, 6.07) is 16.5. The van der Waals surface area contributed by atoms with Crippen LogP contribution in [0.2, 0.25) is 0 Å². The van der Waals surface area contributed by atoms with Gasteiger partial charge in [-0.15, -0.1) is 0 Å². The summed E-state index contributed by atoms with van der Waals surface area (Å²) in [6.07, 6.45) is 1.93. The molecule has 6 nitrogen and oxygen atoms in total. The highest BCUT2D eigenvalue weighted by Gasteiger charge is 2.18. The molecule has 1 N–H and O–H groups in total. The molecule has 0 atom stereocenters. The second-order valence-electron chi connectivity index (χ2n) is 6.13. The van der Waals surface area contributed by atoms with Crippen molar-refractivity contribution in [3.05, 3.63) is 82.0 Å². The van der Waals surface area contributed by atoms with Crippen LogP contribution in [0.15, 0.2) is 60.8 Å². The summed E-state index contributed by atoms with van der Waals surface area (Å²) in [5, 5.41) is 14.0. The molecule has 1 aliphatic rings. The normalized spacial score (nSPS) is 14.7.